The largest absolute Gasteiger partial charge is 0.394 e. The highest BCUT2D eigenvalue weighted by atomic mass is 32.2. The Bertz CT molecular complexity index is 1090. The molecule has 3 aromatic rings. The van der Waals surface area contributed by atoms with Crippen molar-refractivity contribution in [3.05, 3.63) is 83.4 Å². The quantitative estimate of drug-likeness (QED) is 0.485. The number of thioether (sulfide) groups is 1. The molecular weight excluding hydrogens is 399 g/mol. The van der Waals surface area contributed by atoms with Gasteiger partial charge in [0.15, 0.2) is 0 Å². The molecule has 2 aromatic carbocycles. The van der Waals surface area contributed by atoms with E-state index < -0.39 is 11.4 Å². The number of halogens is 1. The summed E-state index contributed by atoms with van der Waals surface area (Å²) in [6, 6.07) is 13.8. The van der Waals surface area contributed by atoms with Gasteiger partial charge in [-0.15, -0.1) is 11.8 Å². The summed E-state index contributed by atoms with van der Waals surface area (Å²) < 4.78 is 14.6. The fourth-order valence-corrected chi connectivity index (χ4v) is 3.98. The molecular formula is C23H25FN4OS. The Balaban J connectivity index is 1.82. The minimum Gasteiger partial charge on any atom is -0.394 e. The lowest BCUT2D eigenvalue weighted by Gasteiger charge is -2.29. The third-order valence-corrected chi connectivity index (χ3v) is 5.87. The second-order valence-corrected chi connectivity index (χ2v) is 8.36. The maximum absolute atomic E-state index is 14.6. The standard InChI is InChI=1S/C23H25FN4OS/c1-3-23(26,10-11-30-15(2)25)19-13-18(8-9-20(19)24)28-22(29)21-12-16-6-4-5-7-17(16)14-27-21/h4-9,12-14H,2-3,10-11,25-26H2,1H3,(H,28,29)/t23-/m0/s1. The normalized spacial score (nSPS) is 13.0. The molecule has 7 heteroatoms. The summed E-state index contributed by atoms with van der Waals surface area (Å²) in [5, 5.41) is 5.17. The minimum absolute atomic E-state index is 0.284. The molecule has 0 spiro atoms. The van der Waals surface area contributed by atoms with Crippen LogP contribution >= 0.6 is 11.8 Å². The van der Waals surface area contributed by atoms with Crippen LogP contribution in [-0.4, -0.2) is 16.6 Å². The highest BCUT2D eigenvalue weighted by Gasteiger charge is 2.28. The van der Waals surface area contributed by atoms with Crippen molar-refractivity contribution in [2.24, 2.45) is 11.5 Å². The number of nitrogens with two attached hydrogens (primary N) is 2. The number of carbonyl (C=O) groups is 1. The van der Waals surface area contributed by atoms with E-state index in [1.165, 1.54) is 23.9 Å². The zero-order valence-corrected chi connectivity index (χ0v) is 17.6. The molecule has 1 amide bonds. The summed E-state index contributed by atoms with van der Waals surface area (Å²) in [6.07, 6.45) is 2.71. The van der Waals surface area contributed by atoms with Gasteiger partial charge in [0.05, 0.1) is 5.03 Å². The Morgan fingerprint density at radius 3 is 2.67 bits per heavy atom. The van der Waals surface area contributed by atoms with Gasteiger partial charge in [0.25, 0.3) is 5.91 Å². The lowest BCUT2D eigenvalue weighted by Crippen LogP contribution is -2.37. The molecule has 30 heavy (non-hydrogen) atoms. The molecule has 0 bridgehead atoms. The van der Waals surface area contributed by atoms with Crippen molar-refractivity contribution in [3.8, 4) is 0 Å². The monoisotopic (exact) mass is 424 g/mol. The molecule has 0 aliphatic carbocycles. The van der Waals surface area contributed by atoms with Gasteiger partial charge in [-0.05, 0) is 42.5 Å². The van der Waals surface area contributed by atoms with E-state index in [1.807, 2.05) is 31.2 Å². The van der Waals surface area contributed by atoms with Crippen molar-refractivity contribution in [2.45, 2.75) is 25.3 Å². The number of rotatable bonds is 8. The topological polar surface area (TPSA) is 94.0 Å². The first-order valence-corrected chi connectivity index (χ1v) is 10.6. The molecule has 156 valence electrons. The van der Waals surface area contributed by atoms with Gasteiger partial charge < -0.3 is 16.8 Å². The second kappa shape index (κ2) is 9.28. The maximum Gasteiger partial charge on any atom is 0.274 e. The van der Waals surface area contributed by atoms with Crippen LogP contribution in [0.4, 0.5) is 10.1 Å². The highest BCUT2D eigenvalue weighted by molar-refractivity contribution is 8.02. The number of aromatic nitrogens is 1. The van der Waals surface area contributed by atoms with Gasteiger partial charge in [0.2, 0.25) is 0 Å². The van der Waals surface area contributed by atoms with Crippen LogP contribution in [-0.2, 0) is 5.54 Å². The summed E-state index contributed by atoms with van der Waals surface area (Å²) in [7, 11) is 0. The third kappa shape index (κ3) is 4.98. The van der Waals surface area contributed by atoms with E-state index in [2.05, 4.69) is 16.9 Å². The van der Waals surface area contributed by atoms with Crippen LogP contribution in [0, 0.1) is 5.82 Å². The molecule has 5 nitrogen and oxygen atoms in total. The van der Waals surface area contributed by atoms with Crippen LogP contribution < -0.4 is 16.8 Å². The predicted molar refractivity (Wildman–Crippen MR) is 123 cm³/mol. The minimum atomic E-state index is -0.880. The molecule has 5 N–H and O–H groups in total. The average molecular weight is 425 g/mol. The first-order valence-electron chi connectivity index (χ1n) is 9.64. The summed E-state index contributed by atoms with van der Waals surface area (Å²) in [4.78, 5) is 16.9. The molecule has 0 saturated carbocycles. The summed E-state index contributed by atoms with van der Waals surface area (Å²) in [5.74, 6) is -0.151. The first kappa shape index (κ1) is 21.8. The van der Waals surface area contributed by atoms with Crippen molar-refractivity contribution in [2.75, 3.05) is 11.1 Å². The van der Waals surface area contributed by atoms with Crippen LogP contribution in [0.3, 0.4) is 0 Å². The fraction of sp³-hybridized carbons (Fsp3) is 0.217. The number of anilines is 1. The first-order chi connectivity index (χ1) is 14.3. The number of hydrogen-bond donors (Lipinski definition) is 3. The Kier molecular flexibility index (Phi) is 6.74. The van der Waals surface area contributed by atoms with Gasteiger partial charge in [-0.1, -0.05) is 37.8 Å². The molecule has 3 rings (SSSR count). The molecule has 0 fully saturated rings. The van der Waals surface area contributed by atoms with E-state index in [9.17, 15) is 9.18 Å². The number of carbonyl (C=O) groups excluding carboxylic acids is 1. The van der Waals surface area contributed by atoms with E-state index in [-0.39, 0.29) is 11.6 Å². The van der Waals surface area contributed by atoms with Gasteiger partial charge in [0, 0.05) is 34.1 Å². The predicted octanol–water partition coefficient (Wildman–Crippen LogP) is 4.74. The number of nitrogens with zero attached hydrogens (tertiary/aromatic N) is 1. The number of nitrogens with one attached hydrogen (secondary N) is 1. The number of benzene rings is 2. The van der Waals surface area contributed by atoms with E-state index in [0.29, 0.717) is 34.9 Å². The Morgan fingerprint density at radius 2 is 1.97 bits per heavy atom. The van der Waals surface area contributed by atoms with Crippen molar-refractivity contribution in [1.82, 2.24) is 4.98 Å². The molecule has 0 unspecified atom stereocenters. The SMILES string of the molecule is C=C(N)SCC[C@@](N)(CC)c1cc(NC(=O)c2cc3ccccc3cn2)ccc1F. The number of amides is 1. The van der Waals surface area contributed by atoms with Gasteiger partial charge >= 0.3 is 0 Å². The van der Waals surface area contributed by atoms with Gasteiger partial charge in [-0.2, -0.15) is 0 Å². The zero-order chi connectivity index (χ0) is 21.7. The van der Waals surface area contributed by atoms with E-state index in [4.69, 9.17) is 11.5 Å². The van der Waals surface area contributed by atoms with E-state index in [0.717, 1.165) is 10.8 Å². The fourth-order valence-electron chi connectivity index (χ4n) is 3.25. The van der Waals surface area contributed by atoms with Crippen LogP contribution in [0.15, 0.2) is 66.3 Å². The van der Waals surface area contributed by atoms with Crippen LogP contribution in [0.5, 0.6) is 0 Å². The second-order valence-electron chi connectivity index (χ2n) is 7.14. The molecule has 1 atom stereocenters. The average Bonchev–Trinajstić information content (AvgIpc) is 2.74. The molecule has 0 aliphatic rings. The van der Waals surface area contributed by atoms with Gasteiger partial charge in [0.1, 0.15) is 11.5 Å². The maximum atomic E-state index is 14.6. The number of fused-ring (bicyclic) bond motifs is 1. The summed E-state index contributed by atoms with van der Waals surface area (Å²) >= 11 is 1.39. The molecule has 1 aromatic heterocycles. The number of hydrogen-bond acceptors (Lipinski definition) is 5. The van der Waals surface area contributed by atoms with Crippen molar-refractivity contribution in [1.29, 1.82) is 0 Å². The van der Waals surface area contributed by atoms with Gasteiger partial charge in [-0.25, -0.2) is 4.39 Å². The highest BCUT2D eigenvalue weighted by Crippen LogP contribution is 2.32. The van der Waals surface area contributed by atoms with Crippen LogP contribution in [0.2, 0.25) is 0 Å². The molecule has 0 radical (unpaired) electrons. The van der Waals surface area contributed by atoms with Crippen LogP contribution in [0.25, 0.3) is 10.8 Å². The lowest BCUT2D eigenvalue weighted by atomic mass is 9.85. The molecule has 1 heterocycles. The van der Waals surface area contributed by atoms with Crippen molar-refractivity contribution in [3.63, 3.8) is 0 Å². The molecule has 0 aliphatic heterocycles. The van der Waals surface area contributed by atoms with Crippen molar-refractivity contribution < 1.29 is 9.18 Å². The Hall–Kier alpha value is -2.90. The smallest absolute Gasteiger partial charge is 0.274 e. The Labute approximate surface area is 179 Å². The third-order valence-electron chi connectivity index (χ3n) is 5.09. The number of pyridine rings is 1. The van der Waals surface area contributed by atoms with Gasteiger partial charge in [-0.3, -0.25) is 9.78 Å². The lowest BCUT2D eigenvalue weighted by molar-refractivity contribution is 0.102. The molecule has 0 saturated heterocycles. The van der Waals surface area contributed by atoms with E-state index in [1.54, 1.807) is 18.3 Å². The van der Waals surface area contributed by atoms with E-state index >= 15 is 0 Å². The summed E-state index contributed by atoms with van der Waals surface area (Å²) in [6.45, 7) is 5.57. The summed E-state index contributed by atoms with van der Waals surface area (Å²) in [5.41, 5.74) is 12.4. The van der Waals surface area contributed by atoms with Crippen LogP contribution in [0.1, 0.15) is 35.8 Å². The van der Waals surface area contributed by atoms with Crippen molar-refractivity contribution >= 4 is 34.1 Å². The Morgan fingerprint density at radius 1 is 1.23 bits per heavy atom. The zero-order valence-electron chi connectivity index (χ0n) is 16.8.